The Labute approximate surface area is 116 Å². The number of halogens is 3. The van der Waals surface area contributed by atoms with Gasteiger partial charge in [0.2, 0.25) is 0 Å². The first-order chi connectivity index (χ1) is 9.52. The predicted octanol–water partition coefficient (Wildman–Crippen LogP) is 4.35. The molecule has 0 N–H and O–H groups in total. The van der Waals surface area contributed by atoms with Gasteiger partial charge in [0.1, 0.15) is 0 Å². The average molecular weight is 282 g/mol. The van der Waals surface area contributed by atoms with Crippen molar-refractivity contribution in [3.63, 3.8) is 0 Å². The molecule has 0 radical (unpaired) electrons. The van der Waals surface area contributed by atoms with Crippen molar-refractivity contribution in [1.29, 1.82) is 5.26 Å². The predicted molar refractivity (Wildman–Crippen MR) is 71.5 cm³/mol. The van der Waals surface area contributed by atoms with Gasteiger partial charge in [-0.3, -0.25) is 0 Å². The second-order valence-electron chi connectivity index (χ2n) is 5.09. The molecule has 1 aliphatic heterocycles. The molecule has 5 heteroatoms. The molecule has 108 valence electrons. The summed E-state index contributed by atoms with van der Waals surface area (Å²) >= 11 is 0. The van der Waals surface area contributed by atoms with Gasteiger partial charge in [0.25, 0.3) is 0 Å². The van der Waals surface area contributed by atoms with Gasteiger partial charge in [-0.1, -0.05) is 19.3 Å². The zero-order valence-corrected chi connectivity index (χ0v) is 11.2. The lowest BCUT2D eigenvalue weighted by Crippen LogP contribution is -2.27. The number of hydrogen-bond donors (Lipinski definition) is 0. The molecule has 20 heavy (non-hydrogen) atoms. The van der Waals surface area contributed by atoms with E-state index in [1.54, 1.807) is 6.07 Å². The van der Waals surface area contributed by atoms with Crippen LogP contribution in [0.3, 0.4) is 0 Å². The van der Waals surface area contributed by atoms with Crippen molar-refractivity contribution in [3.8, 4) is 6.07 Å². The van der Waals surface area contributed by atoms with Gasteiger partial charge in [0, 0.05) is 18.8 Å². The fourth-order valence-corrected chi connectivity index (χ4v) is 2.57. The minimum Gasteiger partial charge on any atom is -0.372 e. The molecule has 0 amide bonds. The van der Waals surface area contributed by atoms with E-state index in [2.05, 4.69) is 4.90 Å². The molecule has 2 nitrogen and oxygen atoms in total. The summed E-state index contributed by atoms with van der Waals surface area (Å²) < 4.78 is 38.3. The van der Waals surface area contributed by atoms with Crippen molar-refractivity contribution < 1.29 is 13.2 Å². The molecule has 0 bridgehead atoms. The summed E-state index contributed by atoms with van der Waals surface area (Å²) in [6.07, 6.45) is 1.15. The Morgan fingerprint density at radius 1 is 1.00 bits per heavy atom. The summed E-state index contributed by atoms with van der Waals surface area (Å²) in [6.45, 7) is 1.69. The van der Waals surface area contributed by atoms with E-state index in [9.17, 15) is 13.2 Å². The van der Waals surface area contributed by atoms with Gasteiger partial charge in [-0.25, -0.2) is 0 Å². The Morgan fingerprint density at radius 3 is 2.15 bits per heavy atom. The van der Waals surface area contributed by atoms with Gasteiger partial charge in [0.05, 0.1) is 17.2 Å². The first-order valence-electron chi connectivity index (χ1n) is 6.88. The smallest absolute Gasteiger partial charge is 0.372 e. The minimum absolute atomic E-state index is 0.294. The van der Waals surface area contributed by atoms with E-state index in [1.165, 1.54) is 18.6 Å². The molecule has 1 aromatic rings. The van der Waals surface area contributed by atoms with E-state index < -0.39 is 11.7 Å². The maximum Gasteiger partial charge on any atom is 0.417 e. The highest BCUT2D eigenvalue weighted by molar-refractivity contribution is 5.55. The SMILES string of the molecule is N#Cc1cc(N2CCCCCCC2)ccc1C(F)(F)F. The Bertz CT molecular complexity index is 495. The van der Waals surface area contributed by atoms with Crippen LogP contribution in [0.4, 0.5) is 18.9 Å². The highest BCUT2D eigenvalue weighted by Crippen LogP contribution is 2.34. The second-order valence-corrected chi connectivity index (χ2v) is 5.09. The van der Waals surface area contributed by atoms with E-state index in [1.807, 2.05) is 0 Å². The largest absolute Gasteiger partial charge is 0.417 e. The summed E-state index contributed by atoms with van der Waals surface area (Å²) in [7, 11) is 0. The Morgan fingerprint density at radius 2 is 1.60 bits per heavy atom. The van der Waals surface area contributed by atoms with Crippen LogP contribution in [-0.4, -0.2) is 13.1 Å². The maximum absolute atomic E-state index is 12.8. The molecular formula is C15H17F3N2. The van der Waals surface area contributed by atoms with Crippen LogP contribution in [0.2, 0.25) is 0 Å². The molecule has 1 fully saturated rings. The zero-order chi connectivity index (χ0) is 14.6. The van der Waals surface area contributed by atoms with Gasteiger partial charge in [-0.2, -0.15) is 18.4 Å². The lowest BCUT2D eigenvalue weighted by Gasteiger charge is -2.27. The molecular weight excluding hydrogens is 265 g/mol. The number of anilines is 1. The summed E-state index contributed by atoms with van der Waals surface area (Å²) in [5.41, 5.74) is -0.427. The van der Waals surface area contributed by atoms with Crippen LogP contribution in [0, 0.1) is 11.3 Å². The van der Waals surface area contributed by atoms with E-state index >= 15 is 0 Å². The first kappa shape index (κ1) is 14.7. The fourth-order valence-electron chi connectivity index (χ4n) is 2.57. The van der Waals surface area contributed by atoms with Crippen molar-refractivity contribution >= 4 is 5.69 Å². The molecule has 1 aromatic carbocycles. The van der Waals surface area contributed by atoms with Crippen LogP contribution >= 0.6 is 0 Å². The number of alkyl halides is 3. The normalized spacial score (nSPS) is 17.2. The highest BCUT2D eigenvalue weighted by Gasteiger charge is 2.33. The highest BCUT2D eigenvalue weighted by atomic mass is 19.4. The molecule has 0 saturated carbocycles. The number of benzene rings is 1. The third-order valence-corrected chi connectivity index (χ3v) is 3.65. The van der Waals surface area contributed by atoms with Crippen LogP contribution in [0.5, 0.6) is 0 Å². The Balaban J connectivity index is 2.26. The number of nitrogens with zero attached hydrogens (tertiary/aromatic N) is 2. The molecule has 0 unspecified atom stereocenters. The summed E-state index contributed by atoms with van der Waals surface area (Å²) in [5.74, 6) is 0. The lowest BCUT2D eigenvalue weighted by atomic mass is 10.0. The number of nitriles is 1. The summed E-state index contributed by atoms with van der Waals surface area (Å²) in [5, 5.41) is 8.94. The molecule has 1 aliphatic rings. The Hall–Kier alpha value is -1.70. The second kappa shape index (κ2) is 6.17. The third kappa shape index (κ3) is 3.44. The molecule has 1 heterocycles. The van der Waals surface area contributed by atoms with Crippen molar-refractivity contribution in [2.45, 2.75) is 38.3 Å². The van der Waals surface area contributed by atoms with E-state index in [4.69, 9.17) is 5.26 Å². The number of rotatable bonds is 1. The Kier molecular flexibility index (Phi) is 4.53. The molecule has 1 saturated heterocycles. The van der Waals surface area contributed by atoms with Gasteiger partial charge in [-0.05, 0) is 31.0 Å². The lowest BCUT2D eigenvalue weighted by molar-refractivity contribution is -0.137. The zero-order valence-electron chi connectivity index (χ0n) is 11.2. The van der Waals surface area contributed by atoms with Crippen LogP contribution in [0.25, 0.3) is 0 Å². The monoisotopic (exact) mass is 282 g/mol. The summed E-state index contributed by atoms with van der Waals surface area (Å²) in [4.78, 5) is 2.08. The van der Waals surface area contributed by atoms with Crippen LogP contribution in [-0.2, 0) is 6.18 Å². The molecule has 0 spiro atoms. The minimum atomic E-state index is -4.47. The van der Waals surface area contributed by atoms with Crippen LogP contribution in [0.1, 0.15) is 43.2 Å². The summed E-state index contributed by atoms with van der Waals surface area (Å²) in [6, 6.07) is 5.53. The third-order valence-electron chi connectivity index (χ3n) is 3.65. The van der Waals surface area contributed by atoms with E-state index in [0.29, 0.717) is 0 Å². The van der Waals surface area contributed by atoms with Gasteiger partial charge < -0.3 is 4.90 Å². The topological polar surface area (TPSA) is 27.0 Å². The van der Waals surface area contributed by atoms with E-state index in [0.717, 1.165) is 50.5 Å². The van der Waals surface area contributed by atoms with E-state index in [-0.39, 0.29) is 5.56 Å². The molecule has 2 rings (SSSR count). The van der Waals surface area contributed by atoms with Crippen LogP contribution < -0.4 is 4.90 Å². The van der Waals surface area contributed by atoms with Gasteiger partial charge >= 0.3 is 6.18 Å². The molecule has 0 aromatic heterocycles. The van der Waals surface area contributed by atoms with Gasteiger partial charge in [-0.15, -0.1) is 0 Å². The van der Waals surface area contributed by atoms with Crippen molar-refractivity contribution in [1.82, 2.24) is 0 Å². The van der Waals surface area contributed by atoms with Gasteiger partial charge in [0.15, 0.2) is 0 Å². The van der Waals surface area contributed by atoms with Crippen molar-refractivity contribution in [3.05, 3.63) is 29.3 Å². The average Bonchev–Trinajstić information content (AvgIpc) is 2.36. The first-order valence-corrected chi connectivity index (χ1v) is 6.88. The number of hydrogen-bond acceptors (Lipinski definition) is 2. The van der Waals surface area contributed by atoms with Crippen molar-refractivity contribution in [2.75, 3.05) is 18.0 Å². The van der Waals surface area contributed by atoms with Crippen molar-refractivity contribution in [2.24, 2.45) is 0 Å². The standard InChI is InChI=1S/C15H17F3N2/c16-15(17,18)14-7-6-13(10-12(14)11-19)20-8-4-2-1-3-5-9-20/h6-7,10H,1-5,8-9H2. The maximum atomic E-state index is 12.8. The molecule has 0 atom stereocenters. The fraction of sp³-hybridized carbons (Fsp3) is 0.533. The van der Waals surface area contributed by atoms with Crippen LogP contribution in [0.15, 0.2) is 18.2 Å². The quantitative estimate of drug-likeness (QED) is 0.765. The molecule has 0 aliphatic carbocycles.